The summed E-state index contributed by atoms with van der Waals surface area (Å²) in [6.45, 7) is 7.33. The van der Waals surface area contributed by atoms with Gasteiger partial charge in [-0.25, -0.2) is 4.79 Å². The molecular weight excluding hydrogens is 266 g/mol. The number of benzene rings is 1. The van der Waals surface area contributed by atoms with E-state index in [-0.39, 0.29) is 5.56 Å². The number of rotatable bonds is 9. The molecular formula is C17H25NO3. The summed E-state index contributed by atoms with van der Waals surface area (Å²) in [7, 11) is 0. The van der Waals surface area contributed by atoms with Gasteiger partial charge in [0.2, 0.25) is 0 Å². The van der Waals surface area contributed by atoms with Gasteiger partial charge in [0, 0.05) is 19.1 Å². The highest BCUT2D eigenvalue weighted by molar-refractivity contribution is 5.87. The summed E-state index contributed by atoms with van der Waals surface area (Å²) in [5.74, 6) is 0.615. The van der Waals surface area contributed by atoms with E-state index in [4.69, 9.17) is 9.84 Å². The number of hydrogen-bond acceptors (Lipinski definition) is 3. The molecule has 0 aromatic heterocycles. The maximum absolute atomic E-state index is 10.9. The van der Waals surface area contributed by atoms with Crippen LogP contribution in [0.4, 0.5) is 0 Å². The van der Waals surface area contributed by atoms with Gasteiger partial charge in [-0.3, -0.25) is 0 Å². The number of carbonyl (C=O) groups is 1. The van der Waals surface area contributed by atoms with E-state index < -0.39 is 5.97 Å². The molecule has 1 aliphatic rings. The first-order valence-corrected chi connectivity index (χ1v) is 7.76. The zero-order chi connectivity index (χ0) is 15.2. The molecule has 0 amide bonds. The molecule has 1 aromatic rings. The van der Waals surface area contributed by atoms with Crippen LogP contribution in [0.3, 0.4) is 0 Å². The van der Waals surface area contributed by atoms with Crippen LogP contribution in [0.1, 0.15) is 43.5 Å². The van der Waals surface area contributed by atoms with Crippen LogP contribution in [0.2, 0.25) is 0 Å². The van der Waals surface area contributed by atoms with Crippen molar-refractivity contribution in [3.05, 3.63) is 29.8 Å². The van der Waals surface area contributed by atoms with Gasteiger partial charge < -0.3 is 14.7 Å². The Morgan fingerprint density at radius 1 is 1.43 bits per heavy atom. The van der Waals surface area contributed by atoms with Crippen molar-refractivity contribution in [2.75, 3.05) is 19.7 Å². The lowest BCUT2D eigenvalue weighted by molar-refractivity contribution is 0.0696. The summed E-state index contributed by atoms with van der Waals surface area (Å²) in [4.78, 5) is 13.4. The SMILES string of the molecule is CC(C)N(CCCOc1cccc(C(=O)O)c1)CC1CC1. The highest BCUT2D eigenvalue weighted by Gasteiger charge is 2.25. The fraction of sp³-hybridized carbons (Fsp3) is 0.588. The number of carboxylic acids is 1. The molecule has 1 aliphatic carbocycles. The molecule has 1 fully saturated rings. The van der Waals surface area contributed by atoms with Crippen molar-refractivity contribution < 1.29 is 14.6 Å². The summed E-state index contributed by atoms with van der Waals surface area (Å²) in [6, 6.07) is 7.24. The van der Waals surface area contributed by atoms with E-state index in [1.807, 2.05) is 0 Å². The summed E-state index contributed by atoms with van der Waals surface area (Å²) in [6.07, 6.45) is 3.71. The minimum absolute atomic E-state index is 0.269. The largest absolute Gasteiger partial charge is 0.494 e. The second kappa shape index (κ2) is 7.46. The highest BCUT2D eigenvalue weighted by Crippen LogP contribution is 2.30. The topological polar surface area (TPSA) is 49.8 Å². The Morgan fingerprint density at radius 3 is 2.81 bits per heavy atom. The van der Waals surface area contributed by atoms with Crippen LogP contribution < -0.4 is 4.74 Å². The third kappa shape index (κ3) is 5.38. The van der Waals surface area contributed by atoms with Gasteiger partial charge in [0.05, 0.1) is 12.2 Å². The van der Waals surface area contributed by atoms with Crippen LogP contribution in [-0.4, -0.2) is 41.7 Å². The van der Waals surface area contributed by atoms with Crippen LogP contribution in [0, 0.1) is 5.92 Å². The molecule has 21 heavy (non-hydrogen) atoms. The predicted octanol–water partition coefficient (Wildman–Crippen LogP) is 3.27. The zero-order valence-electron chi connectivity index (χ0n) is 12.9. The lowest BCUT2D eigenvalue weighted by Crippen LogP contribution is -2.34. The maximum atomic E-state index is 10.9. The monoisotopic (exact) mass is 291 g/mol. The normalized spacial score (nSPS) is 14.7. The van der Waals surface area contributed by atoms with Crippen molar-refractivity contribution in [3.63, 3.8) is 0 Å². The summed E-state index contributed by atoms with van der Waals surface area (Å²) in [5, 5.41) is 8.94. The number of hydrogen-bond donors (Lipinski definition) is 1. The highest BCUT2D eigenvalue weighted by atomic mass is 16.5. The maximum Gasteiger partial charge on any atom is 0.335 e. The van der Waals surface area contributed by atoms with Crippen molar-refractivity contribution in [3.8, 4) is 5.75 Å². The lowest BCUT2D eigenvalue weighted by Gasteiger charge is -2.26. The summed E-state index contributed by atoms with van der Waals surface area (Å²) >= 11 is 0. The standard InChI is InChI=1S/C17H25NO3/c1-13(2)18(12-14-7-8-14)9-4-10-21-16-6-3-5-15(11-16)17(19)20/h3,5-6,11,13-14H,4,7-10,12H2,1-2H3,(H,19,20). The fourth-order valence-corrected chi connectivity index (χ4v) is 2.37. The van der Waals surface area contributed by atoms with Gasteiger partial charge in [0.25, 0.3) is 0 Å². The first-order valence-electron chi connectivity index (χ1n) is 7.76. The molecule has 0 saturated heterocycles. The molecule has 1 aromatic carbocycles. The van der Waals surface area contributed by atoms with Crippen molar-refractivity contribution in [1.82, 2.24) is 4.90 Å². The third-order valence-electron chi connectivity index (χ3n) is 3.86. The predicted molar refractivity (Wildman–Crippen MR) is 82.9 cm³/mol. The van der Waals surface area contributed by atoms with Gasteiger partial charge >= 0.3 is 5.97 Å². The van der Waals surface area contributed by atoms with Crippen molar-refractivity contribution in [2.24, 2.45) is 5.92 Å². The first-order chi connectivity index (χ1) is 10.1. The molecule has 1 N–H and O–H groups in total. The lowest BCUT2D eigenvalue weighted by atomic mass is 10.2. The second-order valence-corrected chi connectivity index (χ2v) is 6.07. The first kappa shape index (κ1) is 15.8. The van der Waals surface area contributed by atoms with E-state index in [2.05, 4.69) is 18.7 Å². The number of aromatic carboxylic acids is 1. The van der Waals surface area contributed by atoms with Crippen molar-refractivity contribution in [2.45, 2.75) is 39.2 Å². The van der Waals surface area contributed by atoms with E-state index in [1.165, 1.54) is 19.4 Å². The van der Waals surface area contributed by atoms with Gasteiger partial charge in [-0.05, 0) is 57.2 Å². The van der Waals surface area contributed by atoms with Gasteiger partial charge in [-0.15, -0.1) is 0 Å². The molecule has 0 heterocycles. The van der Waals surface area contributed by atoms with E-state index in [9.17, 15) is 4.79 Å². The molecule has 0 spiro atoms. The Morgan fingerprint density at radius 2 is 2.19 bits per heavy atom. The van der Waals surface area contributed by atoms with Gasteiger partial charge in [0.15, 0.2) is 0 Å². The summed E-state index contributed by atoms with van der Waals surface area (Å²) in [5.41, 5.74) is 0.269. The molecule has 4 heteroatoms. The molecule has 0 aliphatic heterocycles. The smallest absolute Gasteiger partial charge is 0.335 e. The van der Waals surface area contributed by atoms with Crippen LogP contribution in [0.5, 0.6) is 5.75 Å². The van der Waals surface area contributed by atoms with Crippen molar-refractivity contribution in [1.29, 1.82) is 0 Å². The van der Waals surface area contributed by atoms with E-state index in [0.717, 1.165) is 18.9 Å². The molecule has 2 rings (SSSR count). The Balaban J connectivity index is 1.72. The molecule has 4 nitrogen and oxygen atoms in total. The van der Waals surface area contributed by atoms with E-state index in [1.54, 1.807) is 24.3 Å². The fourth-order valence-electron chi connectivity index (χ4n) is 2.37. The average Bonchev–Trinajstić information content (AvgIpc) is 3.26. The zero-order valence-corrected chi connectivity index (χ0v) is 12.9. The molecule has 116 valence electrons. The average molecular weight is 291 g/mol. The minimum Gasteiger partial charge on any atom is -0.494 e. The van der Waals surface area contributed by atoms with Gasteiger partial charge in [-0.2, -0.15) is 0 Å². The number of nitrogens with zero attached hydrogens (tertiary/aromatic N) is 1. The molecule has 0 unspecified atom stereocenters. The Labute approximate surface area is 126 Å². The van der Waals surface area contributed by atoms with Crippen LogP contribution in [-0.2, 0) is 0 Å². The summed E-state index contributed by atoms with van der Waals surface area (Å²) < 4.78 is 5.66. The quantitative estimate of drug-likeness (QED) is 0.709. The molecule has 1 saturated carbocycles. The van der Waals surface area contributed by atoms with Gasteiger partial charge in [-0.1, -0.05) is 6.07 Å². The third-order valence-corrected chi connectivity index (χ3v) is 3.86. The van der Waals surface area contributed by atoms with Crippen LogP contribution >= 0.6 is 0 Å². The molecule has 0 radical (unpaired) electrons. The van der Waals surface area contributed by atoms with Gasteiger partial charge in [0.1, 0.15) is 5.75 Å². The minimum atomic E-state index is -0.920. The van der Waals surface area contributed by atoms with E-state index >= 15 is 0 Å². The second-order valence-electron chi connectivity index (χ2n) is 6.07. The Hall–Kier alpha value is -1.55. The number of ether oxygens (including phenoxy) is 1. The Kier molecular flexibility index (Phi) is 5.62. The number of carboxylic acid groups (broad SMARTS) is 1. The van der Waals surface area contributed by atoms with E-state index in [0.29, 0.717) is 18.4 Å². The Bertz CT molecular complexity index is 469. The van der Waals surface area contributed by atoms with Crippen LogP contribution in [0.25, 0.3) is 0 Å². The van der Waals surface area contributed by atoms with Crippen molar-refractivity contribution >= 4 is 5.97 Å². The molecule has 0 bridgehead atoms. The molecule has 0 atom stereocenters. The van der Waals surface area contributed by atoms with Crippen LogP contribution in [0.15, 0.2) is 24.3 Å².